The fourth-order valence-electron chi connectivity index (χ4n) is 2.10. The lowest BCUT2D eigenvalue weighted by molar-refractivity contribution is 0.455. The van der Waals surface area contributed by atoms with E-state index in [1.54, 1.807) is 0 Å². The van der Waals surface area contributed by atoms with Gasteiger partial charge in [-0.25, -0.2) is 4.99 Å². The van der Waals surface area contributed by atoms with Crippen molar-refractivity contribution in [2.45, 2.75) is 20.4 Å². The Kier molecular flexibility index (Phi) is 4.16. The molecule has 1 saturated heterocycles. The van der Waals surface area contributed by atoms with Crippen LogP contribution < -0.4 is 5.73 Å². The van der Waals surface area contributed by atoms with Crippen molar-refractivity contribution in [3.63, 3.8) is 0 Å². The molecule has 6 heteroatoms. The molecule has 0 amide bonds. The molecule has 1 aliphatic heterocycles. The molecule has 5 nitrogen and oxygen atoms in total. The van der Waals surface area contributed by atoms with E-state index in [1.807, 2.05) is 30.4 Å². The van der Waals surface area contributed by atoms with Crippen LogP contribution in [0.25, 0.3) is 0 Å². The Morgan fingerprint density at radius 2 is 2.06 bits per heavy atom. The minimum Gasteiger partial charge on any atom is -0.370 e. The third kappa shape index (κ3) is 2.80. The van der Waals surface area contributed by atoms with Crippen LogP contribution in [0.5, 0.6) is 0 Å². The lowest BCUT2D eigenvalue weighted by Crippen LogP contribution is -2.42. The summed E-state index contributed by atoms with van der Waals surface area (Å²) >= 11 is 1.97. The van der Waals surface area contributed by atoms with Crippen molar-refractivity contribution >= 4 is 17.7 Å². The van der Waals surface area contributed by atoms with Gasteiger partial charge in [0, 0.05) is 42.9 Å². The summed E-state index contributed by atoms with van der Waals surface area (Å²) in [6, 6.07) is 0. The van der Waals surface area contributed by atoms with Crippen LogP contribution in [-0.4, -0.2) is 45.2 Å². The third-order valence-electron chi connectivity index (χ3n) is 3.39. The lowest BCUT2D eigenvalue weighted by Gasteiger charge is -2.27. The van der Waals surface area contributed by atoms with E-state index in [2.05, 4.69) is 21.9 Å². The van der Waals surface area contributed by atoms with Crippen molar-refractivity contribution < 1.29 is 0 Å². The highest BCUT2D eigenvalue weighted by Crippen LogP contribution is 2.14. The first kappa shape index (κ1) is 13.3. The number of nitrogens with zero attached hydrogens (tertiary/aromatic N) is 4. The first-order valence-electron chi connectivity index (χ1n) is 6.21. The zero-order chi connectivity index (χ0) is 13.1. The molecule has 100 valence electrons. The molecular formula is C12H21N5S. The Morgan fingerprint density at radius 3 is 2.61 bits per heavy atom. The van der Waals surface area contributed by atoms with E-state index < -0.39 is 0 Å². The average molecular weight is 267 g/mol. The van der Waals surface area contributed by atoms with Crippen LogP contribution in [0.2, 0.25) is 0 Å². The van der Waals surface area contributed by atoms with Gasteiger partial charge in [0.2, 0.25) is 0 Å². The molecule has 0 atom stereocenters. The summed E-state index contributed by atoms with van der Waals surface area (Å²) in [7, 11) is 1.96. The van der Waals surface area contributed by atoms with Crippen LogP contribution in [0.4, 0.5) is 0 Å². The predicted octanol–water partition coefficient (Wildman–Crippen LogP) is 0.900. The van der Waals surface area contributed by atoms with Crippen LogP contribution in [0.15, 0.2) is 4.99 Å². The summed E-state index contributed by atoms with van der Waals surface area (Å²) in [6.45, 7) is 6.72. The predicted molar refractivity (Wildman–Crippen MR) is 76.9 cm³/mol. The molecule has 0 aromatic carbocycles. The van der Waals surface area contributed by atoms with Gasteiger partial charge in [-0.3, -0.25) is 4.68 Å². The highest BCUT2D eigenvalue weighted by molar-refractivity contribution is 7.99. The smallest absolute Gasteiger partial charge is 0.191 e. The van der Waals surface area contributed by atoms with E-state index in [-0.39, 0.29) is 0 Å². The van der Waals surface area contributed by atoms with E-state index in [4.69, 9.17) is 5.73 Å². The summed E-state index contributed by atoms with van der Waals surface area (Å²) in [6.07, 6.45) is 0. The Hall–Kier alpha value is -1.17. The molecule has 2 rings (SSSR count). The summed E-state index contributed by atoms with van der Waals surface area (Å²) in [5.41, 5.74) is 9.44. The largest absolute Gasteiger partial charge is 0.370 e. The first-order chi connectivity index (χ1) is 8.59. The van der Waals surface area contributed by atoms with Crippen molar-refractivity contribution in [2.24, 2.45) is 17.8 Å². The molecule has 1 aromatic heterocycles. The number of guanidine groups is 1. The lowest BCUT2D eigenvalue weighted by atomic mass is 10.2. The van der Waals surface area contributed by atoms with E-state index >= 15 is 0 Å². The SMILES string of the molecule is Cc1nn(C)c(C)c1CN=C(N)N1CCSCC1. The van der Waals surface area contributed by atoms with Crippen molar-refractivity contribution in [3.8, 4) is 0 Å². The van der Waals surface area contributed by atoms with Gasteiger partial charge >= 0.3 is 0 Å². The van der Waals surface area contributed by atoms with Gasteiger partial charge in [0.15, 0.2) is 5.96 Å². The molecule has 0 saturated carbocycles. The van der Waals surface area contributed by atoms with Gasteiger partial charge in [-0.05, 0) is 13.8 Å². The number of rotatable bonds is 2. The number of aliphatic imine (C=N–C) groups is 1. The topological polar surface area (TPSA) is 59.4 Å². The van der Waals surface area contributed by atoms with Gasteiger partial charge in [0.1, 0.15) is 0 Å². The van der Waals surface area contributed by atoms with E-state index in [1.165, 1.54) is 11.3 Å². The molecule has 2 N–H and O–H groups in total. The quantitative estimate of drug-likeness (QED) is 0.639. The number of hydrogen-bond donors (Lipinski definition) is 1. The van der Waals surface area contributed by atoms with Gasteiger partial charge in [0.25, 0.3) is 0 Å². The van der Waals surface area contributed by atoms with E-state index in [9.17, 15) is 0 Å². The van der Waals surface area contributed by atoms with E-state index in [0.717, 1.165) is 30.3 Å². The van der Waals surface area contributed by atoms with Crippen LogP contribution in [0.1, 0.15) is 17.0 Å². The number of hydrogen-bond acceptors (Lipinski definition) is 3. The maximum absolute atomic E-state index is 6.04. The van der Waals surface area contributed by atoms with Crippen LogP contribution in [-0.2, 0) is 13.6 Å². The van der Waals surface area contributed by atoms with Gasteiger partial charge in [-0.1, -0.05) is 0 Å². The van der Waals surface area contributed by atoms with Crippen LogP contribution in [0.3, 0.4) is 0 Å². The highest BCUT2D eigenvalue weighted by Gasteiger charge is 2.13. The molecule has 0 aliphatic carbocycles. The fraction of sp³-hybridized carbons (Fsp3) is 0.667. The Bertz CT molecular complexity index is 446. The monoisotopic (exact) mass is 267 g/mol. The van der Waals surface area contributed by atoms with Gasteiger partial charge in [0.05, 0.1) is 12.2 Å². The van der Waals surface area contributed by atoms with Crippen molar-refractivity contribution in [2.75, 3.05) is 24.6 Å². The molecule has 0 spiro atoms. The molecule has 1 aliphatic rings. The molecule has 0 bridgehead atoms. The molecule has 18 heavy (non-hydrogen) atoms. The average Bonchev–Trinajstić information content (AvgIpc) is 2.62. The normalized spacial score (nSPS) is 17.3. The second-order valence-corrected chi connectivity index (χ2v) is 5.77. The minimum atomic E-state index is 0.626. The number of aromatic nitrogens is 2. The van der Waals surface area contributed by atoms with Crippen molar-refractivity contribution in [1.82, 2.24) is 14.7 Å². The second kappa shape index (κ2) is 5.65. The zero-order valence-electron chi connectivity index (χ0n) is 11.3. The Labute approximate surface area is 112 Å². The highest BCUT2D eigenvalue weighted by atomic mass is 32.2. The van der Waals surface area contributed by atoms with Crippen LogP contribution in [0, 0.1) is 13.8 Å². The third-order valence-corrected chi connectivity index (χ3v) is 4.34. The summed E-state index contributed by atoms with van der Waals surface area (Å²) in [4.78, 5) is 6.68. The number of aryl methyl sites for hydroxylation is 2. The van der Waals surface area contributed by atoms with E-state index in [0.29, 0.717) is 12.5 Å². The Balaban J connectivity index is 2.05. The fourth-order valence-corrected chi connectivity index (χ4v) is 3.00. The first-order valence-corrected chi connectivity index (χ1v) is 7.36. The zero-order valence-corrected chi connectivity index (χ0v) is 12.1. The van der Waals surface area contributed by atoms with Gasteiger partial charge in [-0.15, -0.1) is 0 Å². The molecule has 1 fully saturated rings. The molecule has 2 heterocycles. The summed E-state index contributed by atoms with van der Waals surface area (Å²) in [5, 5.41) is 4.39. The molecular weight excluding hydrogens is 246 g/mol. The Morgan fingerprint density at radius 1 is 1.39 bits per heavy atom. The maximum atomic E-state index is 6.04. The number of thioether (sulfide) groups is 1. The second-order valence-electron chi connectivity index (χ2n) is 4.55. The minimum absolute atomic E-state index is 0.626. The standard InChI is InChI=1S/C12H21N5S/c1-9-11(10(2)16(3)15-9)8-14-12(13)17-4-6-18-7-5-17/h4-8H2,1-3H3,(H2,13,14). The summed E-state index contributed by atoms with van der Waals surface area (Å²) < 4.78 is 1.90. The van der Waals surface area contributed by atoms with Crippen molar-refractivity contribution in [3.05, 3.63) is 17.0 Å². The van der Waals surface area contributed by atoms with Crippen molar-refractivity contribution in [1.29, 1.82) is 0 Å². The molecule has 1 aromatic rings. The van der Waals surface area contributed by atoms with Gasteiger partial charge < -0.3 is 10.6 Å². The van der Waals surface area contributed by atoms with Gasteiger partial charge in [-0.2, -0.15) is 16.9 Å². The number of nitrogens with two attached hydrogens (primary N) is 1. The maximum Gasteiger partial charge on any atom is 0.191 e. The molecule has 0 radical (unpaired) electrons. The summed E-state index contributed by atoms with van der Waals surface area (Å²) in [5.74, 6) is 2.94. The molecule has 0 unspecified atom stereocenters. The van der Waals surface area contributed by atoms with Crippen LogP contribution >= 0.6 is 11.8 Å².